The molecule has 150 valence electrons. The van der Waals surface area contributed by atoms with Gasteiger partial charge in [-0.1, -0.05) is 97.1 Å². The average molecular weight is 396 g/mol. The highest BCUT2D eigenvalue weighted by atomic mass is 16.6. The summed E-state index contributed by atoms with van der Waals surface area (Å²) in [6, 6.07) is 29.0. The van der Waals surface area contributed by atoms with Crippen molar-refractivity contribution in [3.63, 3.8) is 0 Å². The molecule has 1 fully saturated rings. The first-order chi connectivity index (χ1) is 14.8. The Labute approximate surface area is 177 Å². The van der Waals surface area contributed by atoms with Crippen LogP contribution < -0.4 is 0 Å². The van der Waals surface area contributed by atoms with Crippen LogP contribution in [0.5, 0.6) is 0 Å². The lowest BCUT2D eigenvalue weighted by Gasteiger charge is -2.47. The van der Waals surface area contributed by atoms with E-state index in [1.54, 1.807) is 0 Å². The maximum absolute atomic E-state index is 13.1. The van der Waals surface area contributed by atoms with Gasteiger partial charge in [-0.05, 0) is 35.1 Å². The van der Waals surface area contributed by atoms with E-state index in [4.69, 9.17) is 4.74 Å². The summed E-state index contributed by atoms with van der Waals surface area (Å²) in [6.45, 7) is 0.303. The molecular formula is C27H25NO2. The molecule has 3 heteroatoms. The fraction of sp³-hybridized carbons (Fsp3) is 0.222. The molecule has 3 nitrogen and oxygen atoms in total. The van der Waals surface area contributed by atoms with Crippen molar-refractivity contribution in [2.75, 3.05) is 0 Å². The Morgan fingerprint density at radius 3 is 2.13 bits per heavy atom. The fourth-order valence-electron chi connectivity index (χ4n) is 4.69. The van der Waals surface area contributed by atoms with Crippen molar-refractivity contribution >= 4 is 6.09 Å². The SMILES string of the molecule is O=C(OCc1ccccc1)N1[C@H]2C=C[C@@H](CC2)[C@@H]1c1ccc(-c2ccccc2)cc1. The monoisotopic (exact) mass is 395 g/mol. The Bertz CT molecular complexity index is 1030. The second-order valence-corrected chi connectivity index (χ2v) is 8.07. The molecule has 0 aromatic heterocycles. The van der Waals surface area contributed by atoms with Gasteiger partial charge in [0.2, 0.25) is 0 Å². The molecule has 1 aliphatic carbocycles. The van der Waals surface area contributed by atoms with Crippen LogP contribution in [0.2, 0.25) is 0 Å². The average Bonchev–Trinajstić information content (AvgIpc) is 2.84. The van der Waals surface area contributed by atoms with Gasteiger partial charge < -0.3 is 4.74 Å². The first-order valence-electron chi connectivity index (χ1n) is 10.6. The van der Waals surface area contributed by atoms with Crippen LogP contribution in [-0.4, -0.2) is 17.0 Å². The van der Waals surface area contributed by atoms with E-state index in [0.29, 0.717) is 12.5 Å². The fourth-order valence-corrected chi connectivity index (χ4v) is 4.69. The van der Waals surface area contributed by atoms with Crippen molar-refractivity contribution in [3.05, 3.63) is 108 Å². The summed E-state index contributed by atoms with van der Waals surface area (Å²) >= 11 is 0. The second kappa shape index (κ2) is 8.19. The van der Waals surface area contributed by atoms with Crippen molar-refractivity contribution < 1.29 is 9.53 Å². The number of benzene rings is 3. The zero-order valence-corrected chi connectivity index (χ0v) is 16.9. The van der Waals surface area contributed by atoms with Crippen LogP contribution in [0.4, 0.5) is 4.79 Å². The van der Waals surface area contributed by atoms with Crippen molar-refractivity contribution in [1.82, 2.24) is 4.90 Å². The summed E-state index contributed by atoms with van der Waals surface area (Å²) in [4.78, 5) is 15.1. The number of rotatable bonds is 4. The van der Waals surface area contributed by atoms with Gasteiger partial charge >= 0.3 is 6.09 Å². The van der Waals surface area contributed by atoms with Gasteiger partial charge in [0.25, 0.3) is 0 Å². The van der Waals surface area contributed by atoms with Gasteiger partial charge in [0.15, 0.2) is 0 Å². The number of nitrogens with zero attached hydrogens (tertiary/aromatic N) is 1. The number of hydrogen-bond acceptors (Lipinski definition) is 2. The molecule has 0 radical (unpaired) electrons. The van der Waals surface area contributed by atoms with Crippen LogP contribution in [0.25, 0.3) is 11.1 Å². The van der Waals surface area contributed by atoms with Gasteiger partial charge in [0.05, 0.1) is 12.1 Å². The lowest BCUT2D eigenvalue weighted by molar-refractivity contribution is 0.0325. The molecule has 1 saturated heterocycles. The van der Waals surface area contributed by atoms with E-state index in [-0.39, 0.29) is 18.2 Å². The van der Waals surface area contributed by atoms with Crippen molar-refractivity contribution in [3.8, 4) is 11.1 Å². The van der Waals surface area contributed by atoms with Crippen molar-refractivity contribution in [2.45, 2.75) is 31.5 Å². The number of piperidine rings is 1. The van der Waals surface area contributed by atoms with Crippen LogP contribution in [0.1, 0.15) is 30.0 Å². The summed E-state index contributed by atoms with van der Waals surface area (Å²) < 4.78 is 5.72. The minimum atomic E-state index is -0.227. The zero-order chi connectivity index (χ0) is 20.3. The number of carbonyl (C=O) groups excluding carboxylic acids is 1. The van der Waals surface area contributed by atoms with E-state index >= 15 is 0 Å². The molecule has 3 aliphatic rings. The lowest BCUT2D eigenvalue weighted by Crippen LogP contribution is -2.50. The van der Waals surface area contributed by atoms with E-state index in [0.717, 1.165) is 18.4 Å². The van der Waals surface area contributed by atoms with E-state index < -0.39 is 0 Å². The van der Waals surface area contributed by atoms with E-state index in [1.807, 2.05) is 41.3 Å². The highest BCUT2D eigenvalue weighted by molar-refractivity contribution is 5.70. The summed E-state index contributed by atoms with van der Waals surface area (Å²) in [5, 5.41) is 0. The molecule has 2 bridgehead atoms. The predicted octanol–water partition coefficient (Wildman–Crippen LogP) is 6.38. The largest absolute Gasteiger partial charge is 0.445 e. The third-order valence-corrected chi connectivity index (χ3v) is 6.21. The maximum Gasteiger partial charge on any atom is 0.411 e. The minimum Gasteiger partial charge on any atom is -0.445 e. The number of hydrogen-bond donors (Lipinski definition) is 0. The predicted molar refractivity (Wildman–Crippen MR) is 119 cm³/mol. The van der Waals surface area contributed by atoms with Crippen LogP contribution >= 0.6 is 0 Å². The lowest BCUT2D eigenvalue weighted by atomic mass is 9.77. The third-order valence-electron chi connectivity index (χ3n) is 6.21. The number of amides is 1. The number of fused-ring (bicyclic) bond motifs is 2. The van der Waals surface area contributed by atoms with Crippen LogP contribution in [0.15, 0.2) is 97.1 Å². The Kier molecular flexibility index (Phi) is 5.10. The Morgan fingerprint density at radius 2 is 1.47 bits per heavy atom. The van der Waals surface area contributed by atoms with E-state index in [1.165, 1.54) is 16.7 Å². The van der Waals surface area contributed by atoms with E-state index in [2.05, 4.69) is 60.7 Å². The van der Waals surface area contributed by atoms with Gasteiger partial charge in [-0.2, -0.15) is 0 Å². The second-order valence-electron chi connectivity index (χ2n) is 8.07. The molecule has 3 atom stereocenters. The van der Waals surface area contributed by atoms with Crippen molar-refractivity contribution in [2.24, 2.45) is 5.92 Å². The molecule has 3 aromatic rings. The molecule has 0 N–H and O–H groups in total. The summed E-state index contributed by atoms with van der Waals surface area (Å²) in [6.07, 6.45) is 6.34. The quantitative estimate of drug-likeness (QED) is 0.480. The Morgan fingerprint density at radius 1 is 0.800 bits per heavy atom. The summed E-state index contributed by atoms with van der Waals surface area (Å²) in [7, 11) is 0. The van der Waals surface area contributed by atoms with Gasteiger partial charge in [0, 0.05) is 5.92 Å². The highest BCUT2D eigenvalue weighted by Gasteiger charge is 2.42. The van der Waals surface area contributed by atoms with Gasteiger partial charge in [0.1, 0.15) is 6.61 Å². The molecule has 2 heterocycles. The molecule has 1 amide bonds. The summed E-state index contributed by atoms with van der Waals surface area (Å²) in [5.41, 5.74) is 4.57. The van der Waals surface area contributed by atoms with E-state index in [9.17, 15) is 4.79 Å². The van der Waals surface area contributed by atoms with Gasteiger partial charge in [-0.3, -0.25) is 4.90 Å². The Hall–Kier alpha value is -3.33. The first kappa shape index (κ1) is 18.7. The van der Waals surface area contributed by atoms with Gasteiger partial charge in [-0.15, -0.1) is 0 Å². The normalized spacial score (nSPS) is 22.1. The minimum absolute atomic E-state index is 0.0295. The number of ether oxygens (including phenoxy) is 1. The zero-order valence-electron chi connectivity index (χ0n) is 16.9. The van der Waals surface area contributed by atoms with Crippen molar-refractivity contribution in [1.29, 1.82) is 0 Å². The number of carbonyl (C=O) groups is 1. The Balaban J connectivity index is 1.38. The molecule has 0 saturated carbocycles. The van der Waals surface area contributed by atoms with Crippen LogP contribution in [0, 0.1) is 5.92 Å². The molecule has 0 spiro atoms. The molecule has 3 aromatic carbocycles. The maximum atomic E-state index is 13.1. The first-order valence-corrected chi connectivity index (χ1v) is 10.6. The molecular weight excluding hydrogens is 370 g/mol. The molecule has 6 rings (SSSR count). The summed E-state index contributed by atoms with van der Waals surface area (Å²) in [5.74, 6) is 0.335. The van der Waals surface area contributed by atoms with Gasteiger partial charge in [-0.25, -0.2) is 4.79 Å². The molecule has 0 unspecified atom stereocenters. The van der Waals surface area contributed by atoms with Crippen LogP contribution in [0.3, 0.4) is 0 Å². The highest BCUT2D eigenvalue weighted by Crippen LogP contribution is 2.44. The smallest absolute Gasteiger partial charge is 0.411 e. The third kappa shape index (κ3) is 3.63. The molecule has 30 heavy (non-hydrogen) atoms. The standard InChI is InChI=1S/C27H25NO2/c29-27(30-19-20-7-3-1-4-8-20)28-25-17-15-24(16-18-25)26(28)23-13-11-22(12-14-23)21-9-5-2-6-10-21/h1-15,17,24-26H,16,18-19H2/t24-,25-,26-/m0/s1. The topological polar surface area (TPSA) is 29.5 Å². The van der Waals surface area contributed by atoms with Crippen LogP contribution in [-0.2, 0) is 11.3 Å². The molecule has 2 aliphatic heterocycles.